The van der Waals surface area contributed by atoms with E-state index in [0.717, 1.165) is 27.6 Å². The summed E-state index contributed by atoms with van der Waals surface area (Å²) in [6, 6.07) is 17.3. The normalized spacial score (nSPS) is 12.7. The van der Waals surface area contributed by atoms with Crippen LogP contribution in [0.3, 0.4) is 0 Å². The minimum atomic E-state index is -4.27. The number of sulfonamides is 1. The highest BCUT2D eigenvalue weighted by Gasteiger charge is 2.33. The predicted molar refractivity (Wildman–Crippen MR) is 158 cm³/mol. The fourth-order valence-electron chi connectivity index (χ4n) is 4.19. The van der Waals surface area contributed by atoms with Gasteiger partial charge < -0.3 is 15.0 Å². The monoisotopic (exact) mass is 583 g/mol. The van der Waals surface area contributed by atoms with Crippen LogP contribution in [-0.2, 0) is 26.2 Å². The van der Waals surface area contributed by atoms with Crippen molar-refractivity contribution in [3.05, 3.63) is 89.7 Å². The Labute approximate surface area is 242 Å². The Morgan fingerprint density at radius 3 is 2.22 bits per heavy atom. The number of ether oxygens (including phenoxy) is 1. The minimum absolute atomic E-state index is 0.0640. The molecule has 41 heavy (non-hydrogen) atoms. The lowest BCUT2D eigenvalue weighted by Gasteiger charge is -2.32. The number of amides is 2. The van der Waals surface area contributed by atoms with Gasteiger partial charge in [0.05, 0.1) is 17.2 Å². The molecule has 0 fully saturated rings. The highest BCUT2D eigenvalue weighted by Crippen LogP contribution is 2.26. The van der Waals surface area contributed by atoms with Gasteiger partial charge in [0, 0.05) is 12.6 Å². The van der Waals surface area contributed by atoms with Gasteiger partial charge in [-0.2, -0.15) is 0 Å². The molecule has 0 spiro atoms. The lowest BCUT2D eigenvalue weighted by atomic mass is 10.1. The molecule has 0 bridgehead atoms. The molecule has 2 amide bonds. The van der Waals surface area contributed by atoms with Crippen LogP contribution in [0.1, 0.15) is 45.2 Å². The van der Waals surface area contributed by atoms with E-state index in [0.29, 0.717) is 18.8 Å². The number of carbonyl (C=O) groups excluding carboxylic acids is 2. The Hall–Kier alpha value is -3.92. The van der Waals surface area contributed by atoms with Gasteiger partial charge in [0.25, 0.3) is 10.0 Å². The van der Waals surface area contributed by atoms with Gasteiger partial charge in [0.2, 0.25) is 11.8 Å². The van der Waals surface area contributed by atoms with Crippen LogP contribution < -0.4 is 14.4 Å². The second kappa shape index (κ2) is 14.1. The van der Waals surface area contributed by atoms with Gasteiger partial charge >= 0.3 is 0 Å². The number of hydrogen-bond acceptors (Lipinski definition) is 5. The summed E-state index contributed by atoms with van der Waals surface area (Å²) in [7, 11) is -4.27. The molecule has 0 aromatic heterocycles. The van der Waals surface area contributed by atoms with Crippen LogP contribution in [0.5, 0.6) is 5.75 Å². The van der Waals surface area contributed by atoms with E-state index in [2.05, 4.69) is 5.32 Å². The van der Waals surface area contributed by atoms with Crippen molar-refractivity contribution in [2.45, 2.75) is 64.6 Å². The van der Waals surface area contributed by atoms with E-state index in [1.807, 2.05) is 52.0 Å². The summed E-state index contributed by atoms with van der Waals surface area (Å²) >= 11 is 0. The number of hydrogen-bond donors (Lipinski definition) is 1. The number of nitrogens with zero attached hydrogens (tertiary/aromatic N) is 2. The Morgan fingerprint density at radius 1 is 0.976 bits per heavy atom. The van der Waals surface area contributed by atoms with Crippen molar-refractivity contribution in [3.8, 4) is 5.75 Å². The van der Waals surface area contributed by atoms with Crippen molar-refractivity contribution in [2.75, 3.05) is 17.5 Å². The molecular formula is C31H38FN3O5S. The molecule has 0 unspecified atom stereocenters. The average molecular weight is 584 g/mol. The summed E-state index contributed by atoms with van der Waals surface area (Å²) in [5.74, 6) is -0.976. The molecule has 220 valence electrons. The molecule has 0 saturated carbocycles. The van der Waals surface area contributed by atoms with Crippen molar-refractivity contribution < 1.29 is 27.1 Å². The Morgan fingerprint density at radius 2 is 1.63 bits per heavy atom. The molecule has 0 aliphatic carbocycles. The largest absolute Gasteiger partial charge is 0.494 e. The van der Waals surface area contributed by atoms with E-state index < -0.39 is 34.3 Å². The van der Waals surface area contributed by atoms with Crippen molar-refractivity contribution in [1.82, 2.24) is 10.2 Å². The van der Waals surface area contributed by atoms with Gasteiger partial charge in [-0.25, -0.2) is 12.8 Å². The quantitative estimate of drug-likeness (QED) is 0.304. The van der Waals surface area contributed by atoms with Crippen LogP contribution in [0, 0.1) is 12.7 Å². The highest BCUT2D eigenvalue weighted by molar-refractivity contribution is 7.92. The van der Waals surface area contributed by atoms with Gasteiger partial charge in [-0.05, 0) is 88.2 Å². The topological polar surface area (TPSA) is 96.0 Å². The maximum atomic E-state index is 13.9. The van der Waals surface area contributed by atoms with E-state index in [-0.39, 0.29) is 29.1 Å². The number of halogens is 1. The lowest BCUT2D eigenvalue weighted by Crippen LogP contribution is -2.52. The van der Waals surface area contributed by atoms with Crippen molar-refractivity contribution in [3.63, 3.8) is 0 Å². The third-order valence-corrected chi connectivity index (χ3v) is 8.51. The first-order valence-electron chi connectivity index (χ1n) is 13.6. The average Bonchev–Trinajstić information content (AvgIpc) is 2.95. The zero-order valence-corrected chi connectivity index (χ0v) is 24.9. The van der Waals surface area contributed by atoms with Crippen LogP contribution in [0.4, 0.5) is 10.1 Å². The maximum absolute atomic E-state index is 13.9. The number of nitrogens with one attached hydrogen (secondary N) is 1. The molecule has 0 aliphatic rings. The van der Waals surface area contributed by atoms with Gasteiger partial charge in [-0.1, -0.05) is 36.8 Å². The number of aryl methyl sites for hydroxylation is 1. The SMILES string of the molecule is CCOc1ccc(S(=O)(=O)N(CC(=O)N(Cc2cccc(C)c2)[C@H](C)C(=O)N[C@@H](C)CC)c2ccc(F)cc2)cc1. The zero-order chi connectivity index (χ0) is 30.2. The molecule has 3 aromatic carbocycles. The molecule has 2 atom stereocenters. The molecule has 3 aromatic rings. The van der Waals surface area contributed by atoms with Crippen molar-refractivity contribution >= 4 is 27.5 Å². The maximum Gasteiger partial charge on any atom is 0.264 e. The summed E-state index contributed by atoms with van der Waals surface area (Å²) in [5.41, 5.74) is 1.89. The zero-order valence-electron chi connectivity index (χ0n) is 24.1. The molecule has 0 saturated heterocycles. The summed E-state index contributed by atoms with van der Waals surface area (Å²) in [6.07, 6.45) is 0.711. The Balaban J connectivity index is 2.01. The van der Waals surface area contributed by atoms with Gasteiger partial charge in [0.15, 0.2) is 0 Å². The number of benzene rings is 3. The first-order valence-corrected chi connectivity index (χ1v) is 15.1. The van der Waals surface area contributed by atoms with Crippen LogP contribution in [0.2, 0.25) is 0 Å². The van der Waals surface area contributed by atoms with E-state index >= 15 is 0 Å². The lowest BCUT2D eigenvalue weighted by molar-refractivity contribution is -0.139. The second-order valence-electron chi connectivity index (χ2n) is 9.90. The highest BCUT2D eigenvalue weighted by atomic mass is 32.2. The summed E-state index contributed by atoms with van der Waals surface area (Å²) in [5, 5.41) is 2.91. The second-order valence-corrected chi connectivity index (χ2v) is 11.8. The van der Waals surface area contributed by atoms with Crippen LogP contribution in [0.25, 0.3) is 0 Å². The molecule has 10 heteroatoms. The molecule has 1 N–H and O–H groups in total. The number of anilines is 1. The Kier molecular flexibility index (Phi) is 10.9. The molecule has 0 radical (unpaired) electrons. The third kappa shape index (κ3) is 8.29. The van der Waals surface area contributed by atoms with Gasteiger partial charge in [0.1, 0.15) is 24.2 Å². The molecule has 0 heterocycles. The van der Waals surface area contributed by atoms with Crippen LogP contribution >= 0.6 is 0 Å². The third-order valence-electron chi connectivity index (χ3n) is 6.72. The van der Waals surface area contributed by atoms with E-state index in [9.17, 15) is 22.4 Å². The smallest absolute Gasteiger partial charge is 0.264 e. The van der Waals surface area contributed by atoms with Crippen molar-refractivity contribution in [1.29, 1.82) is 0 Å². The van der Waals surface area contributed by atoms with Crippen LogP contribution in [-0.4, -0.2) is 50.4 Å². The first-order chi connectivity index (χ1) is 19.5. The van der Waals surface area contributed by atoms with E-state index in [1.54, 1.807) is 6.92 Å². The molecule has 8 nitrogen and oxygen atoms in total. The van der Waals surface area contributed by atoms with E-state index in [1.165, 1.54) is 41.3 Å². The summed E-state index contributed by atoms with van der Waals surface area (Å²) < 4.78 is 47.9. The summed E-state index contributed by atoms with van der Waals surface area (Å²) in [6.45, 7) is 9.09. The van der Waals surface area contributed by atoms with Gasteiger partial charge in [-0.15, -0.1) is 0 Å². The minimum Gasteiger partial charge on any atom is -0.494 e. The first kappa shape index (κ1) is 31.6. The molecular weight excluding hydrogens is 545 g/mol. The fraction of sp³-hybridized carbons (Fsp3) is 0.355. The van der Waals surface area contributed by atoms with Crippen LogP contribution in [0.15, 0.2) is 77.7 Å². The fourth-order valence-corrected chi connectivity index (χ4v) is 5.61. The Bertz CT molecular complexity index is 1430. The molecule has 0 aliphatic heterocycles. The number of carbonyl (C=O) groups is 2. The van der Waals surface area contributed by atoms with Gasteiger partial charge in [-0.3, -0.25) is 13.9 Å². The van der Waals surface area contributed by atoms with Crippen molar-refractivity contribution in [2.24, 2.45) is 0 Å². The molecule has 3 rings (SSSR count). The number of rotatable bonds is 13. The van der Waals surface area contributed by atoms with E-state index in [4.69, 9.17) is 4.74 Å². The summed E-state index contributed by atoms with van der Waals surface area (Å²) in [4.78, 5) is 28.4. The predicted octanol–water partition coefficient (Wildman–Crippen LogP) is 5.06. The standard InChI is InChI=1S/C31H38FN3O5S/c1-6-23(4)33-31(37)24(5)34(20-25-10-8-9-22(3)19-25)30(36)21-35(27-13-11-26(32)12-14-27)41(38,39)29-17-15-28(16-18-29)40-7-2/h8-19,23-24H,6-7,20-21H2,1-5H3,(H,33,37)/t23-,24+/m0/s1.